The largest absolute Gasteiger partial charge is 0.383 e. The summed E-state index contributed by atoms with van der Waals surface area (Å²) < 4.78 is 40.0. The molecule has 0 saturated carbocycles. The molecule has 0 aromatic rings. The van der Waals surface area contributed by atoms with Crippen molar-refractivity contribution in [2.75, 3.05) is 40.5 Å². The van der Waals surface area contributed by atoms with E-state index in [1.807, 2.05) is 20.8 Å². The Hall–Kier alpha value is -0.300. The van der Waals surface area contributed by atoms with Crippen molar-refractivity contribution in [3.63, 3.8) is 0 Å². The molecule has 1 aliphatic heterocycles. The van der Waals surface area contributed by atoms with Crippen LogP contribution in [0.25, 0.3) is 0 Å². The number of hydrogen-bond acceptors (Lipinski definition) is 4. The van der Waals surface area contributed by atoms with Gasteiger partial charge in [0.1, 0.15) is 0 Å². The van der Waals surface area contributed by atoms with Gasteiger partial charge in [-0.1, -0.05) is 20.8 Å². The van der Waals surface area contributed by atoms with Crippen LogP contribution >= 0.6 is 0 Å². The van der Waals surface area contributed by atoms with Crippen LogP contribution < -0.4 is 0 Å². The maximum atomic E-state index is 15.0. The quantitative estimate of drug-likeness (QED) is 0.612. The zero-order valence-corrected chi connectivity index (χ0v) is 14.0. The molecule has 1 heterocycles. The highest BCUT2D eigenvalue weighted by Crippen LogP contribution is 2.48. The van der Waals surface area contributed by atoms with E-state index in [1.54, 1.807) is 14.2 Å². The van der Waals surface area contributed by atoms with Gasteiger partial charge in [-0.05, 0) is 19.3 Å². The first-order chi connectivity index (χ1) is 9.96. The first-order valence-electron chi connectivity index (χ1n) is 7.86. The Morgan fingerprint density at radius 3 is 1.90 bits per heavy atom. The molecule has 1 rings (SSSR count). The molecule has 0 spiro atoms. The Bertz CT molecular complexity index is 312. The monoisotopic (exact) mass is 308 g/mol. The lowest BCUT2D eigenvalue weighted by Crippen LogP contribution is -2.54. The molecule has 0 radical (unpaired) electrons. The zero-order chi connectivity index (χ0) is 16.1. The van der Waals surface area contributed by atoms with Crippen molar-refractivity contribution in [3.8, 4) is 0 Å². The first-order valence-corrected chi connectivity index (χ1v) is 7.86. The third-order valence-electron chi connectivity index (χ3n) is 4.87. The van der Waals surface area contributed by atoms with Gasteiger partial charge in [-0.3, -0.25) is 0 Å². The third kappa shape index (κ3) is 3.23. The van der Waals surface area contributed by atoms with Gasteiger partial charge in [0.05, 0.1) is 13.2 Å². The Kier molecular flexibility index (Phi) is 6.97. The number of halogens is 2. The van der Waals surface area contributed by atoms with Crippen molar-refractivity contribution in [1.82, 2.24) is 9.80 Å². The van der Waals surface area contributed by atoms with E-state index < -0.39 is 11.7 Å². The summed E-state index contributed by atoms with van der Waals surface area (Å²) in [5.41, 5.74) is -0.509. The van der Waals surface area contributed by atoms with Crippen molar-refractivity contribution in [2.45, 2.75) is 57.8 Å². The summed E-state index contributed by atoms with van der Waals surface area (Å²) in [6, 6.07) is -0.172. The van der Waals surface area contributed by atoms with Crippen LogP contribution in [0.2, 0.25) is 0 Å². The van der Waals surface area contributed by atoms with Crippen molar-refractivity contribution in [3.05, 3.63) is 0 Å². The molecule has 1 aliphatic rings. The predicted octanol–water partition coefficient (Wildman–Crippen LogP) is 2.78. The summed E-state index contributed by atoms with van der Waals surface area (Å²) >= 11 is 0. The third-order valence-corrected chi connectivity index (χ3v) is 4.87. The second kappa shape index (κ2) is 7.81. The van der Waals surface area contributed by atoms with E-state index in [2.05, 4.69) is 0 Å². The molecule has 0 aromatic carbocycles. The van der Waals surface area contributed by atoms with Crippen LogP contribution in [0.5, 0.6) is 0 Å². The molecule has 126 valence electrons. The van der Waals surface area contributed by atoms with Crippen molar-refractivity contribution >= 4 is 0 Å². The van der Waals surface area contributed by atoms with E-state index in [0.717, 1.165) is 0 Å². The molecule has 1 saturated heterocycles. The van der Waals surface area contributed by atoms with E-state index >= 15 is 0 Å². The van der Waals surface area contributed by atoms with Gasteiger partial charge in [0.25, 0.3) is 0 Å². The van der Waals surface area contributed by atoms with Crippen LogP contribution in [0.15, 0.2) is 0 Å². The van der Waals surface area contributed by atoms with E-state index in [9.17, 15) is 8.78 Å². The number of ether oxygens (including phenoxy) is 2. The molecule has 21 heavy (non-hydrogen) atoms. The van der Waals surface area contributed by atoms with Gasteiger partial charge in [-0.2, -0.15) is 8.78 Å². The van der Waals surface area contributed by atoms with Crippen LogP contribution in [0.1, 0.15) is 40.0 Å². The molecule has 0 aromatic heterocycles. The van der Waals surface area contributed by atoms with E-state index in [4.69, 9.17) is 9.47 Å². The Morgan fingerprint density at radius 1 is 0.952 bits per heavy atom. The molecule has 1 atom stereocenters. The highest BCUT2D eigenvalue weighted by atomic mass is 19.3. The second-order valence-electron chi connectivity index (χ2n) is 5.57. The van der Waals surface area contributed by atoms with Crippen LogP contribution in [0.3, 0.4) is 0 Å². The normalized spacial score (nSPS) is 25.6. The highest BCUT2D eigenvalue weighted by Gasteiger charge is 2.64. The van der Waals surface area contributed by atoms with Gasteiger partial charge in [0, 0.05) is 38.9 Å². The number of hydrogen-bond donors (Lipinski definition) is 0. The minimum atomic E-state index is -2.95. The summed E-state index contributed by atoms with van der Waals surface area (Å²) in [5.74, 6) is 0. The Balaban J connectivity index is 3.17. The van der Waals surface area contributed by atoms with Gasteiger partial charge in [-0.25, -0.2) is 9.80 Å². The smallest absolute Gasteiger partial charge is 0.370 e. The standard InChI is InChI=1S/C15H30F2N2O2/c1-6-13-14(7-2,8-3)19(10-12-21-5)15(16,17)18(13)9-11-20-4/h13H,6-12H2,1-5H3. The number of nitrogens with zero attached hydrogens (tertiary/aromatic N) is 2. The fraction of sp³-hybridized carbons (Fsp3) is 1.00. The molecular formula is C15H30F2N2O2. The lowest BCUT2D eigenvalue weighted by Gasteiger charge is -2.40. The van der Waals surface area contributed by atoms with Crippen molar-refractivity contribution in [1.29, 1.82) is 0 Å². The second-order valence-corrected chi connectivity index (χ2v) is 5.57. The first kappa shape index (κ1) is 18.7. The lowest BCUT2D eigenvalue weighted by molar-refractivity contribution is -0.230. The zero-order valence-electron chi connectivity index (χ0n) is 14.0. The number of rotatable bonds is 9. The van der Waals surface area contributed by atoms with Crippen molar-refractivity contribution < 1.29 is 18.3 Å². The molecule has 4 nitrogen and oxygen atoms in total. The van der Waals surface area contributed by atoms with E-state index in [0.29, 0.717) is 32.5 Å². The van der Waals surface area contributed by atoms with Crippen LogP contribution in [-0.2, 0) is 9.47 Å². The van der Waals surface area contributed by atoms with E-state index in [1.165, 1.54) is 9.80 Å². The van der Waals surface area contributed by atoms with Gasteiger partial charge in [0.15, 0.2) is 0 Å². The summed E-state index contributed by atoms with van der Waals surface area (Å²) in [4.78, 5) is 2.67. The fourth-order valence-corrected chi connectivity index (χ4v) is 3.80. The van der Waals surface area contributed by atoms with Gasteiger partial charge in [-0.15, -0.1) is 0 Å². The van der Waals surface area contributed by atoms with Gasteiger partial charge in [0.2, 0.25) is 0 Å². The maximum Gasteiger partial charge on any atom is 0.370 e. The highest BCUT2D eigenvalue weighted by molar-refractivity contribution is 5.08. The summed E-state index contributed by atoms with van der Waals surface area (Å²) in [7, 11) is 3.10. The molecule has 0 aliphatic carbocycles. The number of alkyl halides is 2. The van der Waals surface area contributed by atoms with Crippen LogP contribution in [0, 0.1) is 0 Å². The Labute approximate surface area is 127 Å². The maximum absolute atomic E-state index is 15.0. The molecule has 1 unspecified atom stereocenters. The number of methoxy groups -OCH3 is 2. The van der Waals surface area contributed by atoms with Gasteiger partial charge >= 0.3 is 6.17 Å². The molecule has 0 amide bonds. The van der Waals surface area contributed by atoms with Crippen molar-refractivity contribution in [2.24, 2.45) is 0 Å². The summed E-state index contributed by atoms with van der Waals surface area (Å²) in [5, 5.41) is 0. The average Bonchev–Trinajstić information content (AvgIpc) is 2.66. The van der Waals surface area contributed by atoms with Crippen LogP contribution in [-0.4, -0.2) is 68.1 Å². The lowest BCUT2D eigenvalue weighted by atomic mass is 9.82. The minimum absolute atomic E-state index is 0.172. The molecular weight excluding hydrogens is 278 g/mol. The summed E-state index contributed by atoms with van der Waals surface area (Å²) in [6.45, 7) is 7.10. The molecule has 1 fully saturated rings. The topological polar surface area (TPSA) is 24.9 Å². The average molecular weight is 308 g/mol. The predicted molar refractivity (Wildman–Crippen MR) is 79.5 cm³/mol. The van der Waals surface area contributed by atoms with Crippen LogP contribution in [0.4, 0.5) is 8.78 Å². The minimum Gasteiger partial charge on any atom is -0.383 e. The van der Waals surface area contributed by atoms with E-state index in [-0.39, 0.29) is 19.1 Å². The summed E-state index contributed by atoms with van der Waals surface area (Å²) in [6.07, 6.45) is -0.857. The molecule has 6 heteroatoms. The molecule has 0 N–H and O–H groups in total. The SMILES string of the molecule is CCC1N(CCOC)C(F)(F)N(CCOC)C1(CC)CC. The fourth-order valence-electron chi connectivity index (χ4n) is 3.80. The molecule has 0 bridgehead atoms. The Morgan fingerprint density at radius 2 is 1.48 bits per heavy atom. The van der Waals surface area contributed by atoms with Gasteiger partial charge < -0.3 is 9.47 Å².